The largest absolute Gasteiger partial charge is 0.352 e. The number of carbonyl (C=O) groups excluding carboxylic acids is 1. The molecule has 0 fully saturated rings. The van der Waals surface area contributed by atoms with E-state index in [0.29, 0.717) is 19.4 Å². The van der Waals surface area contributed by atoms with E-state index < -0.39 is 0 Å². The van der Waals surface area contributed by atoms with Crippen LogP contribution in [0.2, 0.25) is 0 Å². The number of amides is 1. The van der Waals surface area contributed by atoms with E-state index in [9.17, 15) is 4.79 Å². The number of hydrogen-bond donors (Lipinski definition) is 2. The van der Waals surface area contributed by atoms with E-state index in [4.69, 9.17) is 0 Å². The van der Waals surface area contributed by atoms with E-state index in [0.717, 1.165) is 34.1 Å². The monoisotopic (exact) mass is 360 g/mol. The van der Waals surface area contributed by atoms with Crippen molar-refractivity contribution in [2.45, 2.75) is 26.3 Å². The van der Waals surface area contributed by atoms with Crippen LogP contribution in [-0.2, 0) is 17.8 Å². The molecule has 27 heavy (non-hydrogen) atoms. The average molecular weight is 360 g/mol. The number of aryl methyl sites for hydroxylation is 2. The first-order chi connectivity index (χ1) is 13.2. The van der Waals surface area contributed by atoms with Crippen LogP contribution >= 0.6 is 0 Å². The van der Waals surface area contributed by atoms with Gasteiger partial charge in [-0.3, -0.25) is 9.36 Å². The van der Waals surface area contributed by atoms with E-state index in [1.165, 1.54) is 0 Å². The topological polar surface area (TPSA) is 88.5 Å². The molecule has 0 atom stereocenters. The molecule has 0 saturated heterocycles. The van der Waals surface area contributed by atoms with Crippen LogP contribution in [0.3, 0.4) is 0 Å². The number of H-pyrrole nitrogens is 1. The first-order valence-corrected chi connectivity index (χ1v) is 8.84. The van der Waals surface area contributed by atoms with Crippen molar-refractivity contribution >= 4 is 16.9 Å². The smallest absolute Gasteiger partial charge is 0.220 e. The van der Waals surface area contributed by atoms with Crippen LogP contribution in [0.15, 0.2) is 55.0 Å². The van der Waals surface area contributed by atoms with E-state index in [1.54, 1.807) is 12.4 Å². The van der Waals surface area contributed by atoms with Gasteiger partial charge in [-0.05, 0) is 36.8 Å². The Bertz CT molecular complexity index is 1050. The van der Waals surface area contributed by atoms with Gasteiger partial charge in [0, 0.05) is 38.0 Å². The number of carbonyl (C=O) groups is 1. The molecule has 0 spiro atoms. The normalized spacial score (nSPS) is 11.0. The van der Waals surface area contributed by atoms with E-state index in [-0.39, 0.29) is 5.91 Å². The van der Waals surface area contributed by atoms with Gasteiger partial charge in [0.05, 0.1) is 11.0 Å². The number of fused-ring (bicyclic) bond motifs is 1. The van der Waals surface area contributed by atoms with Gasteiger partial charge in [-0.2, -0.15) is 0 Å². The Kier molecular flexibility index (Phi) is 4.65. The molecule has 3 aromatic heterocycles. The highest BCUT2D eigenvalue weighted by atomic mass is 16.1. The number of aromatic nitrogens is 5. The van der Waals surface area contributed by atoms with Gasteiger partial charge in [-0.15, -0.1) is 0 Å². The number of nitrogens with zero attached hydrogens (tertiary/aromatic N) is 4. The van der Waals surface area contributed by atoms with Crippen LogP contribution in [0.25, 0.3) is 16.9 Å². The molecule has 0 radical (unpaired) electrons. The Hall–Kier alpha value is -3.48. The zero-order valence-electron chi connectivity index (χ0n) is 15.0. The molecule has 4 aromatic rings. The standard InChI is InChI=1S/C20H20N6O/c1-14-21-10-11-26(14)19-12-15(8-9-22-19)13-23-20(27)7-6-18-24-16-4-2-3-5-17(16)25-18/h2-5,8-12H,6-7,13H2,1H3,(H,23,27)(H,24,25). The fourth-order valence-electron chi connectivity index (χ4n) is 2.97. The minimum Gasteiger partial charge on any atom is -0.352 e. The van der Waals surface area contributed by atoms with Gasteiger partial charge < -0.3 is 10.3 Å². The van der Waals surface area contributed by atoms with E-state index in [2.05, 4.69) is 25.3 Å². The Balaban J connectivity index is 1.33. The van der Waals surface area contributed by atoms with Crippen LogP contribution in [0.5, 0.6) is 0 Å². The van der Waals surface area contributed by atoms with Gasteiger partial charge in [0.2, 0.25) is 5.91 Å². The summed E-state index contributed by atoms with van der Waals surface area (Å²) in [6.45, 7) is 2.39. The summed E-state index contributed by atoms with van der Waals surface area (Å²) in [5.41, 5.74) is 2.91. The molecule has 0 aliphatic heterocycles. The molecule has 0 bridgehead atoms. The molecular formula is C20H20N6O. The van der Waals surface area contributed by atoms with Crippen molar-refractivity contribution in [1.82, 2.24) is 29.8 Å². The summed E-state index contributed by atoms with van der Waals surface area (Å²) in [6, 6.07) is 11.7. The first-order valence-electron chi connectivity index (χ1n) is 8.84. The maximum absolute atomic E-state index is 12.2. The quantitative estimate of drug-likeness (QED) is 0.553. The summed E-state index contributed by atoms with van der Waals surface area (Å²) in [6.07, 6.45) is 6.32. The summed E-state index contributed by atoms with van der Waals surface area (Å²) in [4.78, 5) is 28.5. The molecule has 0 aliphatic carbocycles. The van der Waals surface area contributed by atoms with Gasteiger partial charge in [-0.1, -0.05) is 12.1 Å². The van der Waals surface area contributed by atoms with Crippen LogP contribution in [0.1, 0.15) is 23.6 Å². The lowest BCUT2D eigenvalue weighted by molar-refractivity contribution is -0.121. The van der Waals surface area contributed by atoms with Gasteiger partial charge >= 0.3 is 0 Å². The van der Waals surface area contributed by atoms with Crippen molar-refractivity contribution in [2.24, 2.45) is 0 Å². The second kappa shape index (κ2) is 7.41. The van der Waals surface area contributed by atoms with E-state index >= 15 is 0 Å². The number of benzene rings is 1. The number of hydrogen-bond acceptors (Lipinski definition) is 4. The molecular weight excluding hydrogens is 340 g/mol. The average Bonchev–Trinajstić information content (AvgIpc) is 3.30. The number of aromatic amines is 1. The molecule has 4 rings (SSSR count). The SMILES string of the molecule is Cc1nccn1-c1cc(CNC(=O)CCc2nc3ccccc3[nH]2)ccn1. The number of imidazole rings is 2. The maximum Gasteiger partial charge on any atom is 0.220 e. The fraction of sp³-hybridized carbons (Fsp3) is 0.200. The van der Waals surface area contributed by atoms with E-state index in [1.807, 2.05) is 54.1 Å². The molecule has 1 aromatic carbocycles. The Morgan fingerprint density at radius 3 is 2.89 bits per heavy atom. The van der Waals surface area contributed by atoms with Crippen LogP contribution in [0, 0.1) is 6.92 Å². The van der Waals surface area contributed by atoms with Crippen molar-refractivity contribution in [3.63, 3.8) is 0 Å². The highest BCUT2D eigenvalue weighted by molar-refractivity contribution is 5.77. The number of rotatable bonds is 6. The Morgan fingerprint density at radius 2 is 2.07 bits per heavy atom. The van der Waals surface area contributed by atoms with Crippen molar-refractivity contribution in [2.75, 3.05) is 0 Å². The second-order valence-corrected chi connectivity index (χ2v) is 6.34. The van der Waals surface area contributed by atoms with Gasteiger partial charge in [0.15, 0.2) is 0 Å². The lowest BCUT2D eigenvalue weighted by Gasteiger charge is -2.08. The lowest BCUT2D eigenvalue weighted by atomic mass is 10.2. The zero-order chi connectivity index (χ0) is 18.6. The number of para-hydroxylation sites is 2. The summed E-state index contributed by atoms with van der Waals surface area (Å²) >= 11 is 0. The predicted octanol–water partition coefficient (Wildman–Crippen LogP) is 2.70. The summed E-state index contributed by atoms with van der Waals surface area (Å²) in [7, 11) is 0. The highest BCUT2D eigenvalue weighted by Gasteiger charge is 2.07. The Morgan fingerprint density at radius 1 is 1.19 bits per heavy atom. The molecule has 1 amide bonds. The van der Waals surface area contributed by atoms with Crippen LogP contribution in [-0.4, -0.2) is 30.4 Å². The number of pyridine rings is 1. The van der Waals surface area contributed by atoms with Gasteiger partial charge in [0.25, 0.3) is 0 Å². The summed E-state index contributed by atoms with van der Waals surface area (Å²) in [5, 5.41) is 2.96. The van der Waals surface area contributed by atoms with Crippen molar-refractivity contribution in [1.29, 1.82) is 0 Å². The third-order valence-electron chi connectivity index (χ3n) is 4.40. The summed E-state index contributed by atoms with van der Waals surface area (Å²) < 4.78 is 1.91. The van der Waals surface area contributed by atoms with Crippen molar-refractivity contribution in [3.8, 4) is 5.82 Å². The minimum absolute atomic E-state index is 0.00682. The zero-order valence-corrected chi connectivity index (χ0v) is 15.0. The molecule has 0 saturated carbocycles. The fourth-order valence-corrected chi connectivity index (χ4v) is 2.97. The molecule has 136 valence electrons. The highest BCUT2D eigenvalue weighted by Crippen LogP contribution is 2.12. The summed E-state index contributed by atoms with van der Waals surface area (Å²) in [5.74, 6) is 2.48. The molecule has 2 N–H and O–H groups in total. The van der Waals surface area contributed by atoms with Crippen molar-refractivity contribution in [3.05, 3.63) is 72.2 Å². The predicted molar refractivity (Wildman–Crippen MR) is 102 cm³/mol. The Labute approximate surface area is 156 Å². The third kappa shape index (κ3) is 3.87. The first kappa shape index (κ1) is 17.0. The maximum atomic E-state index is 12.2. The second-order valence-electron chi connectivity index (χ2n) is 6.34. The van der Waals surface area contributed by atoms with Crippen LogP contribution < -0.4 is 5.32 Å². The molecule has 0 aliphatic rings. The van der Waals surface area contributed by atoms with Crippen LogP contribution in [0.4, 0.5) is 0 Å². The third-order valence-corrected chi connectivity index (χ3v) is 4.40. The van der Waals surface area contributed by atoms with Crippen molar-refractivity contribution < 1.29 is 4.79 Å². The molecule has 7 heteroatoms. The number of nitrogens with one attached hydrogen (secondary N) is 2. The van der Waals surface area contributed by atoms with Gasteiger partial charge in [-0.25, -0.2) is 15.0 Å². The molecule has 7 nitrogen and oxygen atoms in total. The molecule has 0 unspecified atom stereocenters. The minimum atomic E-state index is -0.00682. The lowest BCUT2D eigenvalue weighted by Crippen LogP contribution is -2.23. The molecule has 3 heterocycles. The van der Waals surface area contributed by atoms with Gasteiger partial charge in [0.1, 0.15) is 17.5 Å².